The molecule has 1 aliphatic carbocycles. The molecule has 0 spiro atoms. The van der Waals surface area contributed by atoms with E-state index in [0.717, 1.165) is 6.07 Å². The van der Waals surface area contributed by atoms with E-state index in [1.54, 1.807) is 0 Å². The standard InChI is InChI=1S/C17H12F4N2O3S/c18-16(19)27(25,26)13-2-1-11(4-9-3-10(6-22)8-23-7-9)12-5-17(20,21)15(24)14(12)13/h1-3,7-8,15-16,24H,4-5H2/t15-/m0/s1. The number of aromatic nitrogens is 1. The first-order valence-electron chi connectivity index (χ1n) is 7.64. The highest BCUT2D eigenvalue weighted by Gasteiger charge is 2.50. The number of fused-ring (bicyclic) bond motifs is 1. The van der Waals surface area contributed by atoms with Crippen LogP contribution in [0.1, 0.15) is 33.9 Å². The number of rotatable bonds is 4. The Labute approximate surface area is 151 Å². The molecule has 0 saturated heterocycles. The molecule has 0 aliphatic heterocycles. The third-order valence-corrected chi connectivity index (χ3v) is 5.80. The summed E-state index contributed by atoms with van der Waals surface area (Å²) in [5.74, 6) is -7.48. The van der Waals surface area contributed by atoms with E-state index in [4.69, 9.17) is 5.26 Å². The summed E-state index contributed by atoms with van der Waals surface area (Å²) in [6.45, 7) is 0. The summed E-state index contributed by atoms with van der Waals surface area (Å²) in [5.41, 5.74) is 0.0990. The Bertz CT molecular complexity index is 1050. The molecule has 1 heterocycles. The number of halogens is 4. The van der Waals surface area contributed by atoms with Gasteiger partial charge in [-0.05, 0) is 35.2 Å². The number of nitrogens with zero attached hydrogens (tertiary/aromatic N) is 2. The van der Waals surface area contributed by atoms with Crippen molar-refractivity contribution in [2.75, 3.05) is 0 Å². The number of pyridine rings is 1. The van der Waals surface area contributed by atoms with Gasteiger partial charge < -0.3 is 5.11 Å². The molecule has 0 unspecified atom stereocenters. The van der Waals surface area contributed by atoms with Crippen molar-refractivity contribution in [2.24, 2.45) is 0 Å². The molecular weight excluding hydrogens is 388 g/mol. The highest BCUT2D eigenvalue weighted by atomic mass is 32.2. The number of aliphatic hydroxyl groups is 1. The minimum Gasteiger partial charge on any atom is -0.382 e. The monoisotopic (exact) mass is 400 g/mol. The van der Waals surface area contributed by atoms with Crippen LogP contribution in [-0.4, -0.2) is 30.2 Å². The van der Waals surface area contributed by atoms with Gasteiger partial charge in [-0.2, -0.15) is 14.0 Å². The maximum atomic E-state index is 14.0. The number of aliphatic hydroxyl groups excluding tert-OH is 1. The number of sulfone groups is 1. The molecule has 1 aromatic heterocycles. The van der Waals surface area contributed by atoms with Gasteiger partial charge in [-0.1, -0.05) is 6.07 Å². The van der Waals surface area contributed by atoms with Crippen molar-refractivity contribution in [3.8, 4) is 6.07 Å². The Morgan fingerprint density at radius 1 is 1.33 bits per heavy atom. The summed E-state index contributed by atoms with van der Waals surface area (Å²) in [6.07, 6.45) is -0.746. The fourth-order valence-corrected chi connectivity index (χ4v) is 4.11. The summed E-state index contributed by atoms with van der Waals surface area (Å²) in [4.78, 5) is 2.86. The van der Waals surface area contributed by atoms with Gasteiger partial charge in [-0.15, -0.1) is 0 Å². The molecule has 3 rings (SSSR count). The van der Waals surface area contributed by atoms with E-state index in [-0.39, 0.29) is 23.1 Å². The van der Waals surface area contributed by atoms with Gasteiger partial charge in [0.25, 0.3) is 5.92 Å². The normalized spacial score (nSPS) is 18.3. The van der Waals surface area contributed by atoms with Crippen LogP contribution in [0.5, 0.6) is 0 Å². The van der Waals surface area contributed by atoms with E-state index in [1.165, 1.54) is 24.5 Å². The molecule has 0 saturated carbocycles. The van der Waals surface area contributed by atoms with Crippen molar-refractivity contribution in [3.05, 3.63) is 58.4 Å². The van der Waals surface area contributed by atoms with Crippen LogP contribution in [0, 0.1) is 11.3 Å². The summed E-state index contributed by atoms with van der Waals surface area (Å²) in [7, 11) is -5.17. The number of hydrogen-bond acceptors (Lipinski definition) is 5. The highest BCUT2D eigenvalue weighted by Crippen LogP contribution is 2.47. The average Bonchev–Trinajstić information content (AvgIpc) is 2.85. The van der Waals surface area contributed by atoms with E-state index in [1.807, 2.05) is 6.07 Å². The molecule has 1 N–H and O–H groups in total. The lowest BCUT2D eigenvalue weighted by Crippen LogP contribution is -2.23. The molecule has 1 aliphatic rings. The predicted molar refractivity (Wildman–Crippen MR) is 85.0 cm³/mol. The third-order valence-electron chi connectivity index (χ3n) is 4.36. The lowest BCUT2D eigenvalue weighted by Gasteiger charge is -2.16. The first kappa shape index (κ1) is 19.3. The van der Waals surface area contributed by atoms with Gasteiger partial charge in [0.15, 0.2) is 0 Å². The summed E-state index contributed by atoms with van der Waals surface area (Å²) < 4.78 is 77.6. The van der Waals surface area contributed by atoms with Crippen LogP contribution in [0.2, 0.25) is 0 Å². The van der Waals surface area contributed by atoms with E-state index < -0.39 is 44.5 Å². The van der Waals surface area contributed by atoms with Crippen molar-refractivity contribution < 1.29 is 31.1 Å². The Morgan fingerprint density at radius 3 is 2.67 bits per heavy atom. The maximum Gasteiger partial charge on any atom is 0.341 e. The molecule has 1 atom stereocenters. The first-order chi connectivity index (χ1) is 12.6. The van der Waals surface area contributed by atoms with E-state index in [0.29, 0.717) is 5.56 Å². The second-order valence-corrected chi connectivity index (χ2v) is 8.02. The molecule has 27 heavy (non-hydrogen) atoms. The quantitative estimate of drug-likeness (QED) is 0.797. The molecule has 5 nitrogen and oxygen atoms in total. The van der Waals surface area contributed by atoms with Gasteiger partial charge in [-0.25, -0.2) is 17.2 Å². The van der Waals surface area contributed by atoms with Crippen LogP contribution in [0.25, 0.3) is 0 Å². The third kappa shape index (κ3) is 3.28. The first-order valence-corrected chi connectivity index (χ1v) is 9.19. The molecule has 0 fully saturated rings. The van der Waals surface area contributed by atoms with Gasteiger partial charge >= 0.3 is 5.76 Å². The van der Waals surface area contributed by atoms with Crippen molar-refractivity contribution in [2.45, 2.75) is 35.5 Å². The summed E-state index contributed by atoms with van der Waals surface area (Å²) in [5, 5.41) is 18.8. The van der Waals surface area contributed by atoms with Crippen molar-refractivity contribution in [1.29, 1.82) is 5.26 Å². The predicted octanol–water partition coefficient (Wildman–Crippen LogP) is 2.77. The number of alkyl halides is 4. The van der Waals surface area contributed by atoms with Gasteiger partial charge in [0.2, 0.25) is 9.84 Å². The van der Waals surface area contributed by atoms with Gasteiger partial charge in [0.05, 0.1) is 10.5 Å². The Morgan fingerprint density at radius 2 is 2.04 bits per heavy atom. The van der Waals surface area contributed by atoms with Crippen molar-refractivity contribution in [1.82, 2.24) is 4.98 Å². The number of hydrogen-bond donors (Lipinski definition) is 1. The highest BCUT2D eigenvalue weighted by molar-refractivity contribution is 7.91. The van der Waals surface area contributed by atoms with Crippen LogP contribution in [-0.2, 0) is 22.7 Å². The van der Waals surface area contributed by atoms with Gasteiger partial charge in [-0.3, -0.25) is 4.98 Å². The number of nitriles is 1. The molecule has 142 valence electrons. The second kappa shape index (κ2) is 6.58. The zero-order chi connectivity index (χ0) is 20.0. The maximum absolute atomic E-state index is 14.0. The average molecular weight is 400 g/mol. The molecule has 0 radical (unpaired) electrons. The molecule has 0 bridgehead atoms. The van der Waals surface area contributed by atoms with E-state index in [2.05, 4.69) is 4.98 Å². The van der Waals surface area contributed by atoms with Crippen LogP contribution in [0.15, 0.2) is 35.5 Å². The summed E-state index contributed by atoms with van der Waals surface area (Å²) >= 11 is 0. The van der Waals surface area contributed by atoms with Gasteiger partial charge in [0.1, 0.15) is 12.2 Å². The lowest BCUT2D eigenvalue weighted by molar-refractivity contribution is -0.0976. The van der Waals surface area contributed by atoms with E-state index >= 15 is 0 Å². The fourth-order valence-electron chi connectivity index (χ4n) is 3.12. The smallest absolute Gasteiger partial charge is 0.341 e. The van der Waals surface area contributed by atoms with Crippen molar-refractivity contribution in [3.63, 3.8) is 0 Å². The zero-order valence-corrected chi connectivity index (χ0v) is 14.4. The SMILES string of the molecule is N#Cc1cncc(Cc2ccc(S(=O)(=O)C(F)F)c3c2CC(F)(F)[C@H]3O)c1. The minimum absolute atomic E-state index is 0.0165. The van der Waals surface area contributed by atoms with E-state index in [9.17, 15) is 31.1 Å². The van der Waals surface area contributed by atoms with Crippen LogP contribution in [0.3, 0.4) is 0 Å². The molecule has 1 aromatic carbocycles. The fraction of sp³-hybridized carbons (Fsp3) is 0.294. The Kier molecular flexibility index (Phi) is 4.69. The van der Waals surface area contributed by atoms with Gasteiger partial charge in [0, 0.05) is 24.4 Å². The molecule has 10 heteroatoms. The van der Waals surface area contributed by atoms with Crippen LogP contribution < -0.4 is 0 Å². The second-order valence-electron chi connectivity index (χ2n) is 6.13. The Balaban J connectivity index is 2.15. The zero-order valence-electron chi connectivity index (χ0n) is 13.5. The van der Waals surface area contributed by atoms with Crippen molar-refractivity contribution >= 4 is 9.84 Å². The Hall–Kier alpha value is -2.51. The summed E-state index contributed by atoms with van der Waals surface area (Å²) in [6, 6.07) is 5.34. The minimum atomic E-state index is -5.17. The van der Waals surface area contributed by atoms with Crippen LogP contribution in [0.4, 0.5) is 17.6 Å². The largest absolute Gasteiger partial charge is 0.382 e. The molecular formula is C17H12F4N2O3S. The lowest BCUT2D eigenvalue weighted by atomic mass is 9.97. The van der Waals surface area contributed by atoms with Crippen LogP contribution >= 0.6 is 0 Å². The number of benzene rings is 1. The molecule has 2 aromatic rings. The molecule has 0 amide bonds. The topological polar surface area (TPSA) is 91.0 Å².